The van der Waals surface area contributed by atoms with E-state index >= 15 is 0 Å². The number of ketones is 2. The lowest BCUT2D eigenvalue weighted by molar-refractivity contribution is -0.136. The molecule has 3 saturated carbocycles. The molecule has 0 aromatic rings. The highest BCUT2D eigenvalue weighted by atomic mass is 16.2. The second-order valence-corrected chi connectivity index (χ2v) is 3.69. The molecule has 0 heterocycles. The van der Waals surface area contributed by atoms with Crippen LogP contribution in [0.2, 0.25) is 0 Å². The van der Waals surface area contributed by atoms with Crippen molar-refractivity contribution in [1.82, 2.24) is 0 Å². The summed E-state index contributed by atoms with van der Waals surface area (Å²) in [6, 6.07) is 0. The molecule has 3 aliphatic rings. The molecular weight excluding hydrogens is 140 g/mol. The summed E-state index contributed by atoms with van der Waals surface area (Å²) in [5, 5.41) is 0. The normalized spacial score (nSPS) is 37.5. The van der Waals surface area contributed by atoms with E-state index in [1.54, 1.807) is 0 Å². The number of Topliss-reactive ketones (excluding diaryl/α,β-unsaturated/α-hetero) is 2. The zero-order valence-electron chi connectivity index (χ0n) is 6.51. The van der Waals surface area contributed by atoms with Gasteiger partial charge in [0.05, 0.1) is 5.92 Å². The predicted molar refractivity (Wildman–Crippen MR) is 40.1 cm³/mol. The van der Waals surface area contributed by atoms with Gasteiger partial charge in [-0.05, 0) is 18.8 Å². The highest BCUT2D eigenvalue weighted by molar-refractivity contribution is 6.04. The van der Waals surface area contributed by atoms with Crippen LogP contribution in [0.5, 0.6) is 0 Å². The molecule has 3 fully saturated rings. The summed E-state index contributed by atoms with van der Waals surface area (Å²) < 4.78 is 0. The number of hydrogen-bond donors (Lipinski definition) is 0. The average Bonchev–Trinajstić information content (AvgIpc) is 2.18. The van der Waals surface area contributed by atoms with E-state index in [0.29, 0.717) is 18.8 Å². The molecule has 2 nitrogen and oxygen atoms in total. The lowest BCUT2D eigenvalue weighted by Crippen LogP contribution is -2.30. The molecule has 11 heavy (non-hydrogen) atoms. The van der Waals surface area contributed by atoms with Crippen molar-refractivity contribution in [3.63, 3.8) is 0 Å². The van der Waals surface area contributed by atoms with E-state index in [-0.39, 0.29) is 17.5 Å². The van der Waals surface area contributed by atoms with Crippen molar-refractivity contribution in [2.24, 2.45) is 11.8 Å². The van der Waals surface area contributed by atoms with Gasteiger partial charge in [-0.25, -0.2) is 0 Å². The van der Waals surface area contributed by atoms with Gasteiger partial charge in [0, 0.05) is 12.8 Å². The standard InChI is InChI=1S/C9H12O2/c10-8-4-6-2-1-3-7(8)9(11)5-6/h6-7H,1-5H2. The second-order valence-electron chi connectivity index (χ2n) is 3.69. The molecule has 2 heteroatoms. The minimum absolute atomic E-state index is 0.200. The lowest BCUT2D eigenvalue weighted by Gasteiger charge is -2.19. The second kappa shape index (κ2) is 2.43. The van der Waals surface area contributed by atoms with Crippen molar-refractivity contribution in [3.05, 3.63) is 0 Å². The van der Waals surface area contributed by atoms with Crippen LogP contribution in [-0.2, 0) is 9.59 Å². The van der Waals surface area contributed by atoms with Crippen LogP contribution in [0.4, 0.5) is 0 Å². The fourth-order valence-electron chi connectivity index (χ4n) is 2.24. The SMILES string of the molecule is O=C1CC2CCCC1C(=O)C2. The van der Waals surface area contributed by atoms with Crippen molar-refractivity contribution in [3.8, 4) is 0 Å². The highest BCUT2D eigenvalue weighted by Gasteiger charge is 2.37. The van der Waals surface area contributed by atoms with Crippen molar-refractivity contribution in [2.75, 3.05) is 0 Å². The van der Waals surface area contributed by atoms with E-state index in [0.717, 1.165) is 19.3 Å². The van der Waals surface area contributed by atoms with E-state index in [2.05, 4.69) is 0 Å². The van der Waals surface area contributed by atoms with E-state index < -0.39 is 0 Å². The molecule has 0 amide bonds. The monoisotopic (exact) mass is 152 g/mol. The average molecular weight is 152 g/mol. The van der Waals surface area contributed by atoms with Gasteiger partial charge in [-0.1, -0.05) is 6.42 Å². The quantitative estimate of drug-likeness (QED) is 0.491. The van der Waals surface area contributed by atoms with Crippen LogP contribution in [0.1, 0.15) is 32.1 Å². The molecule has 0 spiro atoms. The molecule has 3 rings (SSSR count). The number of fused-ring (bicyclic) bond motifs is 4. The van der Waals surface area contributed by atoms with Gasteiger partial charge in [0.2, 0.25) is 0 Å². The van der Waals surface area contributed by atoms with Crippen LogP contribution in [0.15, 0.2) is 0 Å². The van der Waals surface area contributed by atoms with Crippen molar-refractivity contribution >= 4 is 11.6 Å². The first-order chi connectivity index (χ1) is 5.27. The Bertz CT molecular complexity index is 190. The third-order valence-corrected chi connectivity index (χ3v) is 2.86. The number of carbonyl (C=O) groups is 2. The summed E-state index contributed by atoms with van der Waals surface area (Å²) in [5.41, 5.74) is 0. The number of hydrogen-bond acceptors (Lipinski definition) is 2. The molecule has 2 bridgehead atoms. The number of carbonyl (C=O) groups excluding carboxylic acids is 2. The summed E-state index contributed by atoms with van der Waals surface area (Å²) in [6.45, 7) is 0. The Morgan fingerprint density at radius 1 is 1.00 bits per heavy atom. The summed E-state index contributed by atoms with van der Waals surface area (Å²) in [4.78, 5) is 22.5. The number of rotatable bonds is 0. The van der Waals surface area contributed by atoms with Crippen LogP contribution in [0.3, 0.4) is 0 Å². The first-order valence-electron chi connectivity index (χ1n) is 4.33. The molecular formula is C9H12O2. The smallest absolute Gasteiger partial charge is 0.143 e. The Labute approximate surface area is 66.0 Å². The third kappa shape index (κ3) is 1.10. The van der Waals surface area contributed by atoms with Crippen molar-refractivity contribution in [1.29, 1.82) is 0 Å². The zero-order valence-corrected chi connectivity index (χ0v) is 6.51. The lowest BCUT2D eigenvalue weighted by atomic mass is 9.82. The maximum Gasteiger partial charge on any atom is 0.143 e. The zero-order chi connectivity index (χ0) is 7.84. The molecule has 0 atom stereocenters. The summed E-state index contributed by atoms with van der Waals surface area (Å²) in [6.07, 6.45) is 4.35. The molecule has 0 aromatic heterocycles. The van der Waals surface area contributed by atoms with Crippen molar-refractivity contribution in [2.45, 2.75) is 32.1 Å². The molecule has 0 N–H and O–H groups in total. The summed E-state index contributed by atoms with van der Waals surface area (Å²) in [5.74, 6) is 0.620. The molecule has 0 saturated heterocycles. The van der Waals surface area contributed by atoms with Crippen LogP contribution in [0.25, 0.3) is 0 Å². The molecule has 0 aliphatic heterocycles. The van der Waals surface area contributed by atoms with Crippen LogP contribution >= 0.6 is 0 Å². The van der Waals surface area contributed by atoms with Gasteiger partial charge in [0.1, 0.15) is 11.6 Å². The Hall–Kier alpha value is -0.660. The Morgan fingerprint density at radius 2 is 1.64 bits per heavy atom. The minimum Gasteiger partial charge on any atom is -0.299 e. The largest absolute Gasteiger partial charge is 0.299 e. The maximum atomic E-state index is 11.3. The van der Waals surface area contributed by atoms with Gasteiger partial charge >= 0.3 is 0 Å². The first kappa shape index (κ1) is 7.01. The molecule has 0 unspecified atom stereocenters. The van der Waals surface area contributed by atoms with Crippen LogP contribution in [-0.4, -0.2) is 11.6 Å². The van der Waals surface area contributed by atoms with Gasteiger partial charge in [0.15, 0.2) is 0 Å². The van der Waals surface area contributed by atoms with Gasteiger partial charge in [-0.15, -0.1) is 0 Å². The third-order valence-electron chi connectivity index (χ3n) is 2.86. The molecule has 0 radical (unpaired) electrons. The van der Waals surface area contributed by atoms with Gasteiger partial charge < -0.3 is 0 Å². The van der Waals surface area contributed by atoms with Crippen LogP contribution < -0.4 is 0 Å². The van der Waals surface area contributed by atoms with Gasteiger partial charge in [-0.2, -0.15) is 0 Å². The van der Waals surface area contributed by atoms with Crippen molar-refractivity contribution < 1.29 is 9.59 Å². The predicted octanol–water partition coefficient (Wildman–Crippen LogP) is 1.33. The Balaban J connectivity index is 2.26. The van der Waals surface area contributed by atoms with E-state index in [4.69, 9.17) is 0 Å². The van der Waals surface area contributed by atoms with Gasteiger partial charge in [-0.3, -0.25) is 9.59 Å². The first-order valence-corrected chi connectivity index (χ1v) is 4.33. The van der Waals surface area contributed by atoms with Gasteiger partial charge in [0.25, 0.3) is 0 Å². The Morgan fingerprint density at radius 3 is 2.27 bits per heavy atom. The summed E-state index contributed by atoms with van der Waals surface area (Å²) in [7, 11) is 0. The molecule has 3 aliphatic carbocycles. The van der Waals surface area contributed by atoms with E-state index in [1.165, 1.54) is 0 Å². The maximum absolute atomic E-state index is 11.3. The topological polar surface area (TPSA) is 34.1 Å². The van der Waals surface area contributed by atoms with E-state index in [9.17, 15) is 9.59 Å². The minimum atomic E-state index is -0.200. The fourth-order valence-corrected chi connectivity index (χ4v) is 2.24. The van der Waals surface area contributed by atoms with Crippen LogP contribution in [0, 0.1) is 11.8 Å². The highest BCUT2D eigenvalue weighted by Crippen LogP contribution is 2.34. The Kier molecular flexibility index (Phi) is 1.55. The fraction of sp³-hybridized carbons (Fsp3) is 0.778. The summed E-state index contributed by atoms with van der Waals surface area (Å²) >= 11 is 0. The van der Waals surface area contributed by atoms with E-state index in [1.807, 2.05) is 0 Å². The molecule has 0 aromatic carbocycles. The molecule has 60 valence electrons.